The van der Waals surface area contributed by atoms with Crippen LogP contribution >= 0.6 is 11.8 Å². The molecular formula is C14H19F3N2OS. The lowest BCUT2D eigenvalue weighted by Crippen LogP contribution is -2.36. The van der Waals surface area contributed by atoms with Crippen molar-refractivity contribution >= 4 is 23.4 Å². The normalized spacial score (nSPS) is 12.1. The third-order valence-electron chi connectivity index (χ3n) is 3.08. The summed E-state index contributed by atoms with van der Waals surface area (Å²) in [5, 5.41) is 5.14. The Bertz CT molecular complexity index is 515. The summed E-state index contributed by atoms with van der Waals surface area (Å²) in [7, 11) is 1.41. The van der Waals surface area contributed by atoms with E-state index in [0.29, 0.717) is 6.54 Å². The van der Waals surface area contributed by atoms with Gasteiger partial charge >= 0.3 is 6.18 Å². The lowest BCUT2D eigenvalue weighted by molar-refractivity contribution is -0.136. The molecule has 0 fully saturated rings. The average Bonchev–Trinajstić information content (AvgIpc) is 2.43. The molecule has 1 amide bonds. The molecule has 0 saturated heterocycles. The Hall–Kier alpha value is -1.37. The average molecular weight is 320 g/mol. The Kier molecular flexibility index (Phi) is 5.55. The lowest BCUT2D eigenvalue weighted by Gasteiger charge is -2.22. The molecule has 0 spiro atoms. The summed E-state index contributed by atoms with van der Waals surface area (Å²) >= 11 is 1.57. The molecule has 0 aliphatic carbocycles. The van der Waals surface area contributed by atoms with Gasteiger partial charge in [-0.2, -0.15) is 24.9 Å². The van der Waals surface area contributed by atoms with E-state index in [2.05, 4.69) is 10.6 Å². The van der Waals surface area contributed by atoms with Crippen LogP contribution in [-0.2, 0) is 6.18 Å². The summed E-state index contributed by atoms with van der Waals surface area (Å²) in [4.78, 5) is 12.0. The van der Waals surface area contributed by atoms with Crippen molar-refractivity contribution in [2.45, 2.75) is 24.8 Å². The van der Waals surface area contributed by atoms with Gasteiger partial charge in [0.25, 0.3) is 5.91 Å². The summed E-state index contributed by atoms with van der Waals surface area (Å²) in [5.74, 6) is -0.509. The first kappa shape index (κ1) is 17.7. The van der Waals surface area contributed by atoms with E-state index in [9.17, 15) is 18.0 Å². The number of carbonyl (C=O) groups is 1. The minimum absolute atomic E-state index is 0.00164. The fourth-order valence-electron chi connectivity index (χ4n) is 1.61. The SMILES string of the molecule is CNc1ccc(C(=O)NCC(C)(C)SC)cc1C(F)(F)F. The number of thioether (sulfide) groups is 1. The number of alkyl halides is 3. The molecule has 7 heteroatoms. The van der Waals surface area contributed by atoms with Crippen LogP contribution in [-0.4, -0.2) is 30.5 Å². The predicted octanol–water partition coefficient (Wildman–Crippen LogP) is 3.62. The van der Waals surface area contributed by atoms with Gasteiger partial charge in [-0.25, -0.2) is 0 Å². The number of nitrogens with one attached hydrogen (secondary N) is 2. The van der Waals surface area contributed by atoms with Gasteiger partial charge in [0.1, 0.15) is 0 Å². The molecule has 0 atom stereocenters. The fourth-order valence-corrected chi connectivity index (χ4v) is 1.82. The third-order valence-corrected chi connectivity index (χ3v) is 4.33. The number of carbonyl (C=O) groups excluding carboxylic acids is 1. The van der Waals surface area contributed by atoms with E-state index >= 15 is 0 Å². The Morgan fingerprint density at radius 1 is 1.29 bits per heavy atom. The van der Waals surface area contributed by atoms with E-state index in [0.717, 1.165) is 6.07 Å². The molecule has 21 heavy (non-hydrogen) atoms. The van der Waals surface area contributed by atoms with Crippen molar-refractivity contribution in [1.82, 2.24) is 5.32 Å². The minimum atomic E-state index is -4.51. The maximum Gasteiger partial charge on any atom is 0.418 e. The molecular weight excluding hydrogens is 301 g/mol. The molecule has 0 aliphatic rings. The molecule has 1 aromatic rings. The second-order valence-electron chi connectivity index (χ2n) is 5.15. The summed E-state index contributed by atoms with van der Waals surface area (Å²) in [6.07, 6.45) is -2.59. The number of rotatable bonds is 5. The summed E-state index contributed by atoms with van der Waals surface area (Å²) in [5.41, 5.74) is -0.900. The molecule has 0 heterocycles. The summed E-state index contributed by atoms with van der Waals surface area (Å²) in [6, 6.07) is 3.51. The smallest absolute Gasteiger partial charge is 0.388 e. The van der Waals surface area contributed by atoms with Crippen LogP contribution in [0.15, 0.2) is 18.2 Å². The number of benzene rings is 1. The van der Waals surface area contributed by atoms with Gasteiger partial charge in [0.2, 0.25) is 0 Å². The van der Waals surface area contributed by atoms with Crippen LogP contribution in [0.5, 0.6) is 0 Å². The molecule has 118 valence electrons. The zero-order valence-corrected chi connectivity index (χ0v) is 13.2. The first-order chi connectivity index (χ1) is 9.60. The molecule has 0 unspecified atom stereocenters. The zero-order chi connectivity index (χ0) is 16.3. The van der Waals surface area contributed by atoms with Gasteiger partial charge in [0, 0.05) is 29.6 Å². The first-order valence-corrected chi connectivity index (χ1v) is 7.55. The quantitative estimate of drug-likeness (QED) is 0.870. The van der Waals surface area contributed by atoms with Gasteiger partial charge in [-0.15, -0.1) is 0 Å². The van der Waals surface area contributed by atoms with Crippen molar-refractivity contribution in [3.63, 3.8) is 0 Å². The van der Waals surface area contributed by atoms with Crippen molar-refractivity contribution in [1.29, 1.82) is 0 Å². The Labute approximate surface area is 126 Å². The van der Waals surface area contributed by atoms with Crippen molar-refractivity contribution in [2.75, 3.05) is 25.2 Å². The number of hydrogen-bond acceptors (Lipinski definition) is 3. The van der Waals surface area contributed by atoms with Gasteiger partial charge in [-0.1, -0.05) is 0 Å². The standard InChI is InChI=1S/C14H19F3N2OS/c1-13(2,21-4)8-19-12(20)9-5-6-11(18-3)10(7-9)14(15,16)17/h5-7,18H,8H2,1-4H3,(H,19,20). The van der Waals surface area contributed by atoms with Gasteiger partial charge in [-0.05, 0) is 38.3 Å². The second kappa shape index (κ2) is 6.60. The third kappa shape index (κ3) is 4.84. The van der Waals surface area contributed by atoms with Crippen LogP contribution < -0.4 is 10.6 Å². The molecule has 1 aromatic carbocycles. The van der Waals surface area contributed by atoms with Crippen molar-refractivity contribution in [2.24, 2.45) is 0 Å². The number of halogens is 3. The second-order valence-corrected chi connectivity index (χ2v) is 6.67. The minimum Gasteiger partial charge on any atom is -0.388 e. The molecule has 0 aliphatic heterocycles. The number of amides is 1. The highest BCUT2D eigenvalue weighted by molar-refractivity contribution is 7.99. The largest absolute Gasteiger partial charge is 0.418 e. The van der Waals surface area contributed by atoms with Crippen LogP contribution in [0.25, 0.3) is 0 Å². The van der Waals surface area contributed by atoms with Gasteiger partial charge in [-0.3, -0.25) is 4.79 Å². The van der Waals surface area contributed by atoms with Crippen LogP contribution in [0.3, 0.4) is 0 Å². The molecule has 0 saturated carbocycles. The predicted molar refractivity (Wildman–Crippen MR) is 80.9 cm³/mol. The highest BCUT2D eigenvalue weighted by atomic mass is 32.2. The van der Waals surface area contributed by atoms with E-state index in [1.807, 2.05) is 20.1 Å². The summed E-state index contributed by atoms with van der Waals surface area (Å²) < 4.78 is 38.6. The van der Waals surface area contributed by atoms with Gasteiger partial charge in [0.15, 0.2) is 0 Å². The van der Waals surface area contributed by atoms with Crippen molar-refractivity contribution < 1.29 is 18.0 Å². The van der Waals surface area contributed by atoms with E-state index in [1.54, 1.807) is 11.8 Å². The van der Waals surface area contributed by atoms with Gasteiger partial charge in [0.05, 0.1) is 5.56 Å². The van der Waals surface area contributed by atoms with Crippen molar-refractivity contribution in [3.05, 3.63) is 29.3 Å². The highest BCUT2D eigenvalue weighted by Crippen LogP contribution is 2.35. The molecule has 2 N–H and O–H groups in total. The van der Waals surface area contributed by atoms with Gasteiger partial charge < -0.3 is 10.6 Å². The Balaban J connectivity index is 2.96. The molecule has 0 bridgehead atoms. The van der Waals surface area contributed by atoms with Crippen molar-refractivity contribution in [3.8, 4) is 0 Å². The van der Waals surface area contributed by atoms with Crippen LogP contribution in [0.4, 0.5) is 18.9 Å². The van der Waals surface area contributed by atoms with E-state index in [1.165, 1.54) is 19.2 Å². The fraction of sp³-hybridized carbons (Fsp3) is 0.500. The first-order valence-electron chi connectivity index (χ1n) is 6.33. The monoisotopic (exact) mass is 320 g/mol. The number of hydrogen-bond donors (Lipinski definition) is 2. The molecule has 1 rings (SSSR count). The molecule has 3 nitrogen and oxygen atoms in total. The van der Waals surface area contributed by atoms with Crippen LogP contribution in [0, 0.1) is 0 Å². The molecule has 0 radical (unpaired) electrons. The maximum absolute atomic E-state index is 12.9. The van der Waals surface area contributed by atoms with Crippen LogP contribution in [0.1, 0.15) is 29.8 Å². The Morgan fingerprint density at radius 2 is 1.90 bits per heavy atom. The maximum atomic E-state index is 12.9. The van der Waals surface area contributed by atoms with Crippen LogP contribution in [0.2, 0.25) is 0 Å². The lowest BCUT2D eigenvalue weighted by atomic mass is 10.1. The van der Waals surface area contributed by atoms with E-state index in [4.69, 9.17) is 0 Å². The van der Waals surface area contributed by atoms with E-state index in [-0.39, 0.29) is 16.0 Å². The topological polar surface area (TPSA) is 41.1 Å². The zero-order valence-electron chi connectivity index (χ0n) is 12.4. The van der Waals surface area contributed by atoms with E-state index < -0.39 is 17.6 Å². The number of anilines is 1. The molecule has 0 aromatic heterocycles. The Morgan fingerprint density at radius 3 is 2.38 bits per heavy atom. The highest BCUT2D eigenvalue weighted by Gasteiger charge is 2.34. The summed E-state index contributed by atoms with van der Waals surface area (Å²) in [6.45, 7) is 4.27.